The lowest BCUT2D eigenvalue weighted by Gasteiger charge is -2.40. The van der Waals surface area contributed by atoms with Crippen molar-refractivity contribution in [3.8, 4) is 0 Å². The van der Waals surface area contributed by atoms with Crippen LogP contribution in [0.4, 0.5) is 0 Å². The number of thiophene rings is 1. The van der Waals surface area contributed by atoms with E-state index >= 15 is 0 Å². The third-order valence-electron chi connectivity index (χ3n) is 4.94. The molecule has 18 heavy (non-hydrogen) atoms. The van der Waals surface area contributed by atoms with Gasteiger partial charge < -0.3 is 0 Å². The van der Waals surface area contributed by atoms with Crippen molar-refractivity contribution in [2.45, 2.75) is 45.1 Å². The highest BCUT2D eigenvalue weighted by Crippen LogP contribution is 2.42. The summed E-state index contributed by atoms with van der Waals surface area (Å²) in [4.78, 5) is 4.32. The van der Waals surface area contributed by atoms with Gasteiger partial charge in [-0.1, -0.05) is 12.8 Å². The average molecular weight is 281 g/mol. The average Bonchev–Trinajstić information content (AvgIpc) is 3.03. The van der Waals surface area contributed by atoms with E-state index in [9.17, 15) is 0 Å². The Bertz CT molecular complexity index is 406. The molecule has 1 aromatic heterocycles. The van der Waals surface area contributed by atoms with Gasteiger partial charge >= 0.3 is 0 Å². The Morgan fingerprint density at radius 2 is 2.22 bits per heavy atom. The molecule has 2 aliphatic rings. The van der Waals surface area contributed by atoms with E-state index in [2.05, 4.69) is 35.9 Å². The fourth-order valence-electron chi connectivity index (χ4n) is 3.70. The zero-order valence-electron chi connectivity index (χ0n) is 11.2. The molecule has 0 bridgehead atoms. The van der Waals surface area contributed by atoms with Gasteiger partial charge in [-0.05, 0) is 54.4 Å². The van der Waals surface area contributed by atoms with Crippen LogP contribution in [0.5, 0.6) is 0 Å². The van der Waals surface area contributed by atoms with Gasteiger partial charge in [-0.3, -0.25) is 4.90 Å². The van der Waals surface area contributed by atoms with Crippen LogP contribution < -0.4 is 0 Å². The number of rotatable bonds is 3. The summed E-state index contributed by atoms with van der Waals surface area (Å²) in [5.41, 5.74) is 2.09. The molecule has 1 nitrogen and oxygen atoms in total. The Hall–Kier alpha value is 0.01000. The maximum atomic E-state index is 4.65. The summed E-state index contributed by atoms with van der Waals surface area (Å²) in [6.45, 7) is 4.88. The van der Waals surface area contributed by atoms with E-state index in [4.69, 9.17) is 0 Å². The minimum absolute atomic E-state index is 0.505. The number of hydrogen-bond acceptors (Lipinski definition) is 3. The first-order valence-corrected chi connectivity index (χ1v) is 8.66. The maximum absolute atomic E-state index is 4.65. The van der Waals surface area contributed by atoms with Crippen molar-refractivity contribution in [3.63, 3.8) is 0 Å². The monoisotopic (exact) mass is 281 g/mol. The fourth-order valence-corrected chi connectivity index (χ4v) is 5.08. The molecule has 1 aliphatic carbocycles. The molecule has 0 radical (unpaired) electrons. The highest BCUT2D eigenvalue weighted by molar-refractivity contribution is 7.80. The highest BCUT2D eigenvalue weighted by atomic mass is 32.1. The number of nitrogens with zero attached hydrogens (tertiary/aromatic N) is 1. The molecule has 0 N–H and O–H groups in total. The lowest BCUT2D eigenvalue weighted by molar-refractivity contribution is 0.125. The largest absolute Gasteiger partial charge is 0.296 e. The Labute approximate surface area is 120 Å². The molecule has 1 aliphatic heterocycles. The Balaban J connectivity index is 1.74. The van der Waals surface area contributed by atoms with Crippen LogP contribution in [0.2, 0.25) is 0 Å². The Morgan fingerprint density at radius 1 is 1.44 bits per heavy atom. The molecule has 0 aromatic carbocycles. The van der Waals surface area contributed by atoms with Gasteiger partial charge in [-0.25, -0.2) is 0 Å². The molecule has 1 saturated carbocycles. The summed E-state index contributed by atoms with van der Waals surface area (Å²) in [6.07, 6.45) is 6.84. The molecule has 2 heterocycles. The predicted octanol–water partition coefficient (Wildman–Crippen LogP) is 4.16. The van der Waals surface area contributed by atoms with Crippen LogP contribution in [0.25, 0.3) is 0 Å². The molecule has 3 rings (SSSR count). The SMILES string of the molecule is CC1c2ccsc2CCN1CC1(CS)CCCC1. The van der Waals surface area contributed by atoms with E-state index in [-0.39, 0.29) is 0 Å². The third-order valence-corrected chi connectivity index (χ3v) is 6.61. The Morgan fingerprint density at radius 3 is 2.94 bits per heavy atom. The summed E-state index contributed by atoms with van der Waals surface area (Å²) < 4.78 is 0. The summed E-state index contributed by atoms with van der Waals surface area (Å²) in [5.74, 6) is 1.06. The highest BCUT2D eigenvalue weighted by Gasteiger charge is 2.36. The normalized spacial score (nSPS) is 27.3. The van der Waals surface area contributed by atoms with Crippen LogP contribution in [0.3, 0.4) is 0 Å². The van der Waals surface area contributed by atoms with E-state index in [1.807, 2.05) is 11.3 Å². The van der Waals surface area contributed by atoms with Crippen molar-refractivity contribution in [1.29, 1.82) is 0 Å². The summed E-state index contributed by atoms with van der Waals surface area (Å²) in [7, 11) is 0. The van der Waals surface area contributed by atoms with Crippen molar-refractivity contribution in [2.75, 3.05) is 18.8 Å². The zero-order chi connectivity index (χ0) is 12.6. The second kappa shape index (κ2) is 5.18. The van der Waals surface area contributed by atoms with Crippen LogP contribution >= 0.6 is 24.0 Å². The zero-order valence-corrected chi connectivity index (χ0v) is 12.9. The molecule has 1 fully saturated rings. The van der Waals surface area contributed by atoms with Crippen LogP contribution in [0.15, 0.2) is 11.4 Å². The van der Waals surface area contributed by atoms with E-state index in [0.29, 0.717) is 11.5 Å². The summed E-state index contributed by atoms with van der Waals surface area (Å²) in [6, 6.07) is 2.94. The third kappa shape index (κ3) is 2.25. The lowest BCUT2D eigenvalue weighted by Crippen LogP contribution is -2.42. The summed E-state index contributed by atoms with van der Waals surface area (Å²) >= 11 is 6.59. The van der Waals surface area contributed by atoms with Crippen molar-refractivity contribution >= 4 is 24.0 Å². The second-order valence-electron chi connectivity index (χ2n) is 6.06. The molecule has 100 valence electrons. The molecular formula is C15H23NS2. The van der Waals surface area contributed by atoms with Crippen molar-refractivity contribution in [1.82, 2.24) is 4.90 Å². The number of thiol groups is 1. The van der Waals surface area contributed by atoms with Gasteiger partial charge in [-0.15, -0.1) is 11.3 Å². The van der Waals surface area contributed by atoms with E-state index in [1.165, 1.54) is 45.2 Å². The van der Waals surface area contributed by atoms with Gasteiger partial charge in [0.2, 0.25) is 0 Å². The van der Waals surface area contributed by atoms with Gasteiger partial charge in [0.15, 0.2) is 0 Å². The van der Waals surface area contributed by atoms with Crippen LogP contribution in [0, 0.1) is 5.41 Å². The van der Waals surface area contributed by atoms with Gasteiger partial charge in [0.1, 0.15) is 0 Å². The van der Waals surface area contributed by atoms with Gasteiger partial charge in [0, 0.05) is 24.0 Å². The second-order valence-corrected chi connectivity index (χ2v) is 7.38. The van der Waals surface area contributed by atoms with E-state index in [1.54, 1.807) is 10.4 Å². The van der Waals surface area contributed by atoms with Crippen molar-refractivity contribution in [2.24, 2.45) is 5.41 Å². The molecule has 1 atom stereocenters. The molecule has 0 spiro atoms. The molecular weight excluding hydrogens is 258 g/mol. The fraction of sp³-hybridized carbons (Fsp3) is 0.733. The molecule has 0 saturated heterocycles. The predicted molar refractivity (Wildman–Crippen MR) is 82.8 cm³/mol. The first-order valence-electron chi connectivity index (χ1n) is 7.15. The quantitative estimate of drug-likeness (QED) is 0.814. The standard InChI is InChI=1S/C15H23NS2/c1-12-13-5-9-18-14(13)4-8-16(12)10-15(11-17)6-2-3-7-15/h5,9,12,17H,2-4,6-8,10-11H2,1H3. The minimum Gasteiger partial charge on any atom is -0.296 e. The topological polar surface area (TPSA) is 3.24 Å². The molecule has 1 unspecified atom stereocenters. The maximum Gasteiger partial charge on any atom is 0.0331 e. The molecule has 1 aromatic rings. The smallest absolute Gasteiger partial charge is 0.0331 e. The Kier molecular flexibility index (Phi) is 3.75. The first kappa shape index (κ1) is 13.0. The van der Waals surface area contributed by atoms with Crippen molar-refractivity contribution < 1.29 is 0 Å². The van der Waals surface area contributed by atoms with Crippen molar-refractivity contribution in [3.05, 3.63) is 21.9 Å². The van der Waals surface area contributed by atoms with Gasteiger partial charge in [0.05, 0.1) is 0 Å². The van der Waals surface area contributed by atoms with Gasteiger partial charge in [0.25, 0.3) is 0 Å². The number of hydrogen-bond donors (Lipinski definition) is 1. The van der Waals surface area contributed by atoms with Crippen LogP contribution in [-0.4, -0.2) is 23.7 Å². The van der Waals surface area contributed by atoms with Crippen LogP contribution in [-0.2, 0) is 6.42 Å². The lowest BCUT2D eigenvalue weighted by atomic mass is 9.86. The van der Waals surface area contributed by atoms with E-state index in [0.717, 1.165) is 5.75 Å². The van der Waals surface area contributed by atoms with Crippen LogP contribution in [0.1, 0.15) is 49.1 Å². The molecule has 3 heteroatoms. The van der Waals surface area contributed by atoms with E-state index < -0.39 is 0 Å². The minimum atomic E-state index is 0.505. The molecule has 0 amide bonds. The first-order chi connectivity index (χ1) is 8.74. The van der Waals surface area contributed by atoms with Gasteiger partial charge in [-0.2, -0.15) is 12.6 Å². The summed E-state index contributed by atoms with van der Waals surface area (Å²) in [5, 5.41) is 2.26. The number of fused-ring (bicyclic) bond motifs is 1.